The summed E-state index contributed by atoms with van der Waals surface area (Å²) in [5.74, 6) is 4.88. The molecule has 0 saturated heterocycles. The molecule has 1 aromatic rings. The Morgan fingerprint density at radius 3 is 2.56 bits per heavy atom. The molecule has 0 aliphatic heterocycles. The number of carbonyl (C=O) groups is 1. The van der Waals surface area contributed by atoms with Gasteiger partial charge in [-0.15, -0.1) is 11.8 Å². The van der Waals surface area contributed by atoms with Crippen molar-refractivity contribution in [1.29, 1.82) is 0 Å². The van der Waals surface area contributed by atoms with E-state index in [2.05, 4.69) is 5.43 Å². The number of hydrazine groups is 1. The topological polar surface area (TPSA) is 98.3 Å². The zero-order valence-electron chi connectivity index (χ0n) is 9.96. The van der Waals surface area contributed by atoms with E-state index in [0.29, 0.717) is 6.42 Å². The molecule has 1 rings (SSSR count). The molecule has 3 N–H and O–H groups in total. The molecule has 0 radical (unpaired) electrons. The quantitative estimate of drug-likeness (QED) is 0.270. The minimum Gasteiger partial charge on any atom is -0.293 e. The Morgan fingerprint density at radius 2 is 2.11 bits per heavy atom. The molecular weight excluding hydrogens is 254 g/mol. The summed E-state index contributed by atoms with van der Waals surface area (Å²) in [6.45, 7) is 1.98. The smallest absolute Gasteiger partial charge is 0.269 e. The molecule has 0 spiro atoms. The molecule has 0 aromatic heterocycles. The summed E-state index contributed by atoms with van der Waals surface area (Å²) in [5, 5.41) is 10.2. The fraction of sp³-hybridized carbons (Fsp3) is 0.364. The van der Waals surface area contributed by atoms with Gasteiger partial charge in [-0.25, -0.2) is 5.84 Å². The fourth-order valence-electron chi connectivity index (χ4n) is 1.41. The number of thioether (sulfide) groups is 1. The van der Waals surface area contributed by atoms with Crippen molar-refractivity contribution in [2.45, 2.75) is 29.9 Å². The van der Waals surface area contributed by atoms with Crippen molar-refractivity contribution in [3.05, 3.63) is 34.4 Å². The van der Waals surface area contributed by atoms with Crippen molar-refractivity contribution in [2.75, 3.05) is 0 Å². The van der Waals surface area contributed by atoms with Crippen LogP contribution < -0.4 is 11.3 Å². The number of non-ortho nitro benzene ring substituents is 1. The Bertz CT molecular complexity index is 422. The van der Waals surface area contributed by atoms with Crippen LogP contribution in [0.4, 0.5) is 5.69 Å². The highest BCUT2D eigenvalue weighted by Gasteiger charge is 2.18. The highest BCUT2D eigenvalue weighted by atomic mass is 32.2. The van der Waals surface area contributed by atoms with E-state index in [-0.39, 0.29) is 16.8 Å². The minimum absolute atomic E-state index is 0.0367. The summed E-state index contributed by atoms with van der Waals surface area (Å²) >= 11 is 1.35. The van der Waals surface area contributed by atoms with Gasteiger partial charge in [-0.3, -0.25) is 20.3 Å². The first kappa shape index (κ1) is 14.5. The van der Waals surface area contributed by atoms with Gasteiger partial charge in [0.05, 0.1) is 10.2 Å². The summed E-state index contributed by atoms with van der Waals surface area (Å²) in [7, 11) is 0. The van der Waals surface area contributed by atoms with Crippen molar-refractivity contribution < 1.29 is 9.72 Å². The van der Waals surface area contributed by atoms with Crippen molar-refractivity contribution in [3.63, 3.8) is 0 Å². The molecule has 98 valence electrons. The Labute approximate surface area is 109 Å². The van der Waals surface area contributed by atoms with Crippen LogP contribution in [0.5, 0.6) is 0 Å². The number of nitro groups is 1. The van der Waals surface area contributed by atoms with E-state index < -0.39 is 4.92 Å². The number of carbonyl (C=O) groups excluding carboxylic acids is 1. The Balaban J connectivity index is 2.74. The number of amides is 1. The number of nitro benzene ring substituents is 1. The first-order valence-corrected chi connectivity index (χ1v) is 6.38. The van der Waals surface area contributed by atoms with Crippen molar-refractivity contribution >= 4 is 23.4 Å². The molecule has 6 nitrogen and oxygen atoms in total. The second-order valence-corrected chi connectivity index (χ2v) is 4.93. The monoisotopic (exact) mass is 269 g/mol. The van der Waals surface area contributed by atoms with E-state index in [4.69, 9.17) is 5.84 Å². The van der Waals surface area contributed by atoms with Gasteiger partial charge in [0, 0.05) is 17.0 Å². The molecule has 0 bridgehead atoms. The number of rotatable bonds is 6. The van der Waals surface area contributed by atoms with Crippen molar-refractivity contribution in [3.8, 4) is 0 Å². The van der Waals surface area contributed by atoms with Crippen LogP contribution >= 0.6 is 11.8 Å². The second-order valence-electron chi connectivity index (χ2n) is 3.65. The van der Waals surface area contributed by atoms with Crippen LogP contribution in [0.3, 0.4) is 0 Å². The third-order valence-electron chi connectivity index (χ3n) is 2.31. The van der Waals surface area contributed by atoms with E-state index in [1.165, 1.54) is 23.9 Å². The molecule has 1 amide bonds. The predicted molar refractivity (Wildman–Crippen MR) is 70.0 cm³/mol. The lowest BCUT2D eigenvalue weighted by Gasteiger charge is -2.13. The maximum atomic E-state index is 11.5. The summed E-state index contributed by atoms with van der Waals surface area (Å²) in [5.41, 5.74) is 2.17. The number of hydrogen-bond donors (Lipinski definition) is 2. The van der Waals surface area contributed by atoms with Crippen LogP contribution in [-0.2, 0) is 4.79 Å². The highest BCUT2D eigenvalue weighted by Crippen LogP contribution is 2.27. The lowest BCUT2D eigenvalue weighted by Crippen LogP contribution is -2.37. The Hall–Kier alpha value is -1.60. The summed E-state index contributed by atoms with van der Waals surface area (Å²) in [4.78, 5) is 22.4. The molecule has 1 unspecified atom stereocenters. The molecule has 0 fully saturated rings. The lowest BCUT2D eigenvalue weighted by molar-refractivity contribution is -0.384. The zero-order valence-corrected chi connectivity index (χ0v) is 10.8. The van der Waals surface area contributed by atoms with E-state index in [0.717, 1.165) is 11.3 Å². The molecule has 0 heterocycles. The summed E-state index contributed by atoms with van der Waals surface area (Å²) in [6, 6.07) is 6.11. The van der Waals surface area contributed by atoms with Gasteiger partial charge < -0.3 is 0 Å². The number of hydrogen-bond acceptors (Lipinski definition) is 5. The molecule has 18 heavy (non-hydrogen) atoms. The Morgan fingerprint density at radius 1 is 1.50 bits per heavy atom. The van der Waals surface area contributed by atoms with Gasteiger partial charge in [0.2, 0.25) is 5.91 Å². The third kappa shape index (κ3) is 4.01. The van der Waals surface area contributed by atoms with Gasteiger partial charge >= 0.3 is 0 Å². The van der Waals surface area contributed by atoms with E-state index in [9.17, 15) is 14.9 Å². The van der Waals surface area contributed by atoms with Gasteiger partial charge in [0.15, 0.2) is 0 Å². The maximum absolute atomic E-state index is 11.5. The van der Waals surface area contributed by atoms with E-state index in [1.54, 1.807) is 12.1 Å². The highest BCUT2D eigenvalue weighted by molar-refractivity contribution is 8.00. The van der Waals surface area contributed by atoms with Gasteiger partial charge in [0.25, 0.3) is 5.69 Å². The first-order valence-electron chi connectivity index (χ1n) is 5.50. The van der Waals surface area contributed by atoms with Crippen molar-refractivity contribution in [1.82, 2.24) is 5.43 Å². The maximum Gasteiger partial charge on any atom is 0.269 e. The molecule has 1 atom stereocenters. The SMILES string of the molecule is CCCC(Sc1ccc([N+](=O)[O-])cc1)C(=O)NN. The van der Waals surface area contributed by atoms with Gasteiger partial charge in [-0.1, -0.05) is 13.3 Å². The summed E-state index contributed by atoms with van der Waals surface area (Å²) in [6.07, 6.45) is 1.56. The van der Waals surface area contributed by atoms with Gasteiger partial charge in [-0.05, 0) is 18.6 Å². The van der Waals surface area contributed by atoms with Crippen LogP contribution in [0.15, 0.2) is 29.2 Å². The second kappa shape index (κ2) is 6.97. The lowest BCUT2D eigenvalue weighted by atomic mass is 10.2. The van der Waals surface area contributed by atoms with Crippen LogP contribution in [0.2, 0.25) is 0 Å². The number of nitrogens with two attached hydrogens (primary N) is 1. The molecule has 0 aliphatic carbocycles. The molecule has 0 aliphatic rings. The van der Waals surface area contributed by atoms with E-state index >= 15 is 0 Å². The molecular formula is C11H15N3O3S. The Kier molecular flexibility index (Phi) is 5.60. The number of nitrogens with zero attached hydrogens (tertiary/aromatic N) is 1. The third-order valence-corrected chi connectivity index (χ3v) is 3.59. The molecule has 0 saturated carbocycles. The fourth-order valence-corrected chi connectivity index (χ4v) is 2.56. The van der Waals surface area contributed by atoms with Crippen LogP contribution in [-0.4, -0.2) is 16.1 Å². The number of benzene rings is 1. The largest absolute Gasteiger partial charge is 0.293 e. The predicted octanol–water partition coefficient (Wildman–Crippen LogP) is 1.85. The average molecular weight is 269 g/mol. The van der Waals surface area contributed by atoms with E-state index in [1.807, 2.05) is 6.92 Å². The molecule has 7 heteroatoms. The minimum atomic E-state index is -0.454. The van der Waals surface area contributed by atoms with Crippen LogP contribution in [0.1, 0.15) is 19.8 Å². The zero-order chi connectivity index (χ0) is 13.5. The van der Waals surface area contributed by atoms with Gasteiger partial charge in [-0.2, -0.15) is 0 Å². The average Bonchev–Trinajstić information content (AvgIpc) is 2.38. The van der Waals surface area contributed by atoms with Crippen LogP contribution in [0, 0.1) is 10.1 Å². The summed E-state index contributed by atoms with van der Waals surface area (Å²) < 4.78 is 0. The number of nitrogens with one attached hydrogen (secondary N) is 1. The standard InChI is InChI=1S/C11H15N3O3S/c1-2-3-10(11(15)13-12)18-9-6-4-8(5-7-9)14(16)17/h4-7,10H,2-3,12H2,1H3,(H,13,15). The van der Waals surface area contributed by atoms with Gasteiger partial charge in [0.1, 0.15) is 0 Å². The first-order chi connectivity index (χ1) is 8.58. The van der Waals surface area contributed by atoms with Crippen LogP contribution in [0.25, 0.3) is 0 Å². The molecule has 1 aromatic carbocycles. The van der Waals surface area contributed by atoms with Crippen molar-refractivity contribution in [2.24, 2.45) is 5.84 Å². The normalized spacial score (nSPS) is 11.9.